The van der Waals surface area contributed by atoms with Crippen molar-refractivity contribution in [2.24, 2.45) is 7.05 Å². The Morgan fingerprint density at radius 3 is 2.59 bits per heavy atom. The molecule has 3 aromatic rings. The summed E-state index contributed by atoms with van der Waals surface area (Å²) < 4.78 is 7.10. The molecule has 0 saturated heterocycles. The first-order valence-corrected chi connectivity index (χ1v) is 10.4. The number of nitrogens with zero attached hydrogens (tertiary/aromatic N) is 3. The van der Waals surface area contributed by atoms with Crippen molar-refractivity contribution in [2.45, 2.75) is 30.7 Å². The molecule has 1 heterocycles. The number of nitrogens with one attached hydrogen (secondary N) is 1. The Kier molecular flexibility index (Phi) is 6.93. The highest BCUT2D eigenvalue weighted by Crippen LogP contribution is 2.27. The van der Waals surface area contributed by atoms with Crippen LogP contribution >= 0.6 is 11.8 Å². The van der Waals surface area contributed by atoms with E-state index >= 15 is 0 Å². The van der Waals surface area contributed by atoms with Crippen molar-refractivity contribution in [3.63, 3.8) is 0 Å². The van der Waals surface area contributed by atoms with Crippen molar-refractivity contribution in [2.75, 3.05) is 13.7 Å². The van der Waals surface area contributed by atoms with E-state index in [2.05, 4.69) is 28.5 Å². The summed E-state index contributed by atoms with van der Waals surface area (Å²) in [7, 11) is 3.58. The second kappa shape index (κ2) is 9.60. The van der Waals surface area contributed by atoms with Crippen LogP contribution in [-0.2, 0) is 18.3 Å². The van der Waals surface area contributed by atoms with Gasteiger partial charge in [-0.25, -0.2) is 0 Å². The van der Waals surface area contributed by atoms with Gasteiger partial charge in [0.2, 0.25) is 5.91 Å². The smallest absolute Gasteiger partial charge is 0.233 e. The number of carbonyl (C=O) groups excluding carboxylic acids is 1. The number of benzene rings is 2. The van der Waals surface area contributed by atoms with Gasteiger partial charge in [-0.2, -0.15) is 0 Å². The van der Waals surface area contributed by atoms with Gasteiger partial charge in [0.15, 0.2) is 11.0 Å². The van der Waals surface area contributed by atoms with E-state index in [0.29, 0.717) is 6.54 Å². The zero-order valence-electron chi connectivity index (χ0n) is 17.2. The number of carbonyl (C=O) groups is 1. The molecule has 0 unspecified atom stereocenters. The minimum absolute atomic E-state index is 0.0102. The number of aromatic nitrogens is 3. The Hall–Kier alpha value is -2.80. The van der Waals surface area contributed by atoms with Crippen LogP contribution in [0.3, 0.4) is 0 Å². The Bertz CT molecular complexity index is 969. The molecule has 6 nitrogen and oxygen atoms in total. The molecule has 2 aromatic carbocycles. The Balaban J connectivity index is 1.55. The van der Waals surface area contributed by atoms with Gasteiger partial charge in [-0.15, -0.1) is 10.2 Å². The molecular formula is C22H26N4O2S. The average Bonchev–Trinajstić information content (AvgIpc) is 3.08. The van der Waals surface area contributed by atoms with Crippen molar-refractivity contribution in [3.05, 3.63) is 59.7 Å². The number of rotatable bonds is 8. The van der Waals surface area contributed by atoms with Gasteiger partial charge in [0.1, 0.15) is 5.75 Å². The Morgan fingerprint density at radius 2 is 1.90 bits per heavy atom. The number of thioether (sulfide) groups is 1. The van der Waals surface area contributed by atoms with Crippen molar-refractivity contribution in [1.82, 2.24) is 20.1 Å². The molecule has 7 heteroatoms. The summed E-state index contributed by atoms with van der Waals surface area (Å²) in [6, 6.07) is 15.9. The van der Waals surface area contributed by atoms with Crippen LogP contribution in [0.25, 0.3) is 11.4 Å². The molecule has 0 aliphatic heterocycles. The van der Waals surface area contributed by atoms with Crippen LogP contribution in [0.1, 0.15) is 18.1 Å². The van der Waals surface area contributed by atoms with E-state index in [4.69, 9.17) is 4.74 Å². The van der Waals surface area contributed by atoms with Crippen molar-refractivity contribution in [1.29, 1.82) is 0 Å². The minimum atomic E-state index is -0.265. The quantitative estimate of drug-likeness (QED) is 0.574. The third kappa shape index (κ3) is 5.17. The lowest BCUT2D eigenvalue weighted by Crippen LogP contribution is -2.32. The predicted octanol–water partition coefficient (Wildman–Crippen LogP) is 3.64. The fraction of sp³-hybridized carbons (Fsp3) is 0.318. The number of hydrogen-bond acceptors (Lipinski definition) is 5. The largest absolute Gasteiger partial charge is 0.497 e. The molecule has 0 aliphatic carbocycles. The zero-order chi connectivity index (χ0) is 20.8. The fourth-order valence-electron chi connectivity index (χ4n) is 2.95. The highest BCUT2D eigenvalue weighted by molar-refractivity contribution is 8.00. The lowest BCUT2D eigenvalue weighted by Gasteiger charge is -2.12. The zero-order valence-corrected chi connectivity index (χ0v) is 18.0. The van der Waals surface area contributed by atoms with Crippen LogP contribution in [-0.4, -0.2) is 39.6 Å². The highest BCUT2D eigenvalue weighted by Gasteiger charge is 2.19. The number of aryl methyl sites for hydroxylation is 1. The number of amides is 1. The maximum atomic E-state index is 12.5. The topological polar surface area (TPSA) is 69.0 Å². The third-order valence-electron chi connectivity index (χ3n) is 4.74. The molecule has 1 atom stereocenters. The second-order valence-corrected chi connectivity index (χ2v) is 8.14. The molecule has 152 valence electrons. The minimum Gasteiger partial charge on any atom is -0.497 e. The summed E-state index contributed by atoms with van der Waals surface area (Å²) in [6.07, 6.45) is 0.772. The van der Waals surface area contributed by atoms with E-state index in [-0.39, 0.29) is 11.2 Å². The van der Waals surface area contributed by atoms with E-state index in [1.54, 1.807) is 7.11 Å². The van der Waals surface area contributed by atoms with Crippen LogP contribution in [0.4, 0.5) is 0 Å². The summed E-state index contributed by atoms with van der Waals surface area (Å²) >= 11 is 1.41. The molecule has 0 aliphatic rings. The summed E-state index contributed by atoms with van der Waals surface area (Å²) in [6.45, 7) is 4.52. The maximum Gasteiger partial charge on any atom is 0.233 e. The summed E-state index contributed by atoms with van der Waals surface area (Å²) in [5.41, 5.74) is 3.34. The summed E-state index contributed by atoms with van der Waals surface area (Å²) in [5, 5.41) is 12.1. The molecular weight excluding hydrogens is 384 g/mol. The third-order valence-corrected chi connectivity index (χ3v) is 5.88. The second-order valence-electron chi connectivity index (χ2n) is 6.83. The molecule has 0 bridgehead atoms. The SMILES string of the molecule is COc1ccc(CCNC(=O)[C@@H](C)Sc2nnc(-c3ccccc3C)n2C)cc1. The molecule has 0 spiro atoms. The van der Waals surface area contributed by atoms with E-state index < -0.39 is 0 Å². The molecule has 0 radical (unpaired) electrons. The van der Waals surface area contributed by atoms with Crippen LogP contribution in [0, 0.1) is 6.92 Å². The molecule has 0 fully saturated rings. The van der Waals surface area contributed by atoms with Gasteiger partial charge in [0.25, 0.3) is 0 Å². The van der Waals surface area contributed by atoms with Crippen molar-refractivity contribution < 1.29 is 9.53 Å². The first-order valence-electron chi connectivity index (χ1n) is 9.52. The average molecular weight is 411 g/mol. The van der Waals surface area contributed by atoms with E-state index in [1.807, 2.05) is 61.0 Å². The van der Waals surface area contributed by atoms with Gasteiger partial charge in [-0.05, 0) is 43.5 Å². The number of ether oxygens (including phenoxy) is 1. The van der Waals surface area contributed by atoms with Gasteiger partial charge in [-0.1, -0.05) is 48.2 Å². The van der Waals surface area contributed by atoms with Gasteiger partial charge < -0.3 is 14.6 Å². The van der Waals surface area contributed by atoms with E-state index in [1.165, 1.54) is 11.8 Å². The van der Waals surface area contributed by atoms with E-state index in [9.17, 15) is 4.79 Å². The summed E-state index contributed by atoms with van der Waals surface area (Å²) in [4.78, 5) is 12.5. The Labute approximate surface area is 175 Å². The molecule has 3 rings (SSSR count). The molecule has 1 amide bonds. The highest BCUT2D eigenvalue weighted by atomic mass is 32.2. The normalized spacial score (nSPS) is 11.9. The molecule has 29 heavy (non-hydrogen) atoms. The molecule has 1 N–H and O–H groups in total. The standard InChI is InChI=1S/C22H26N4O2S/c1-15-7-5-6-8-19(15)20-24-25-22(26(20)3)29-16(2)21(27)23-14-13-17-9-11-18(28-4)12-10-17/h5-12,16H,13-14H2,1-4H3,(H,23,27)/t16-/m1/s1. The molecule has 0 saturated carbocycles. The van der Waals surface area contributed by atoms with Gasteiger partial charge in [0, 0.05) is 19.2 Å². The van der Waals surface area contributed by atoms with Crippen LogP contribution in [0.5, 0.6) is 5.75 Å². The maximum absolute atomic E-state index is 12.5. The fourth-order valence-corrected chi connectivity index (χ4v) is 3.79. The van der Waals surface area contributed by atoms with Crippen LogP contribution < -0.4 is 10.1 Å². The molecule has 1 aromatic heterocycles. The first kappa shape index (κ1) is 20.9. The lowest BCUT2D eigenvalue weighted by molar-refractivity contribution is -0.120. The Morgan fingerprint density at radius 1 is 1.17 bits per heavy atom. The number of methoxy groups -OCH3 is 1. The lowest BCUT2D eigenvalue weighted by atomic mass is 10.1. The van der Waals surface area contributed by atoms with Crippen LogP contribution in [0.15, 0.2) is 53.7 Å². The van der Waals surface area contributed by atoms with Gasteiger partial charge >= 0.3 is 0 Å². The van der Waals surface area contributed by atoms with Gasteiger partial charge in [0.05, 0.1) is 12.4 Å². The van der Waals surface area contributed by atoms with Gasteiger partial charge in [-0.3, -0.25) is 4.79 Å². The summed E-state index contributed by atoms with van der Waals surface area (Å²) in [5.74, 6) is 1.62. The monoisotopic (exact) mass is 410 g/mol. The van der Waals surface area contributed by atoms with Crippen molar-refractivity contribution >= 4 is 17.7 Å². The first-order chi connectivity index (χ1) is 14.0. The number of hydrogen-bond donors (Lipinski definition) is 1. The van der Waals surface area contributed by atoms with Crippen LogP contribution in [0.2, 0.25) is 0 Å². The van der Waals surface area contributed by atoms with E-state index in [0.717, 1.165) is 39.8 Å². The predicted molar refractivity (Wildman–Crippen MR) is 116 cm³/mol. The van der Waals surface area contributed by atoms with Crippen molar-refractivity contribution in [3.8, 4) is 17.1 Å².